The van der Waals surface area contributed by atoms with Crippen molar-refractivity contribution in [1.29, 1.82) is 0 Å². The number of benzene rings is 1. The van der Waals surface area contributed by atoms with E-state index < -0.39 is 24.8 Å². The van der Waals surface area contributed by atoms with E-state index in [2.05, 4.69) is 10.1 Å². The average Bonchev–Trinajstić information content (AvgIpc) is 2.46. The van der Waals surface area contributed by atoms with Crippen LogP contribution in [0.2, 0.25) is 0 Å². The van der Waals surface area contributed by atoms with Gasteiger partial charge in [0.1, 0.15) is 18.1 Å². The minimum Gasteiger partial charge on any atom is -0.497 e. The first kappa shape index (κ1) is 18.1. The summed E-state index contributed by atoms with van der Waals surface area (Å²) in [6.07, 6.45) is -5.15. The number of amides is 1. The Balaban J connectivity index is 2.26. The first-order chi connectivity index (χ1) is 10.3. The number of hydrogen-bond acceptors (Lipinski definition) is 4. The number of alkyl halides is 3. The lowest BCUT2D eigenvalue weighted by Crippen LogP contribution is -2.38. The maximum Gasteiger partial charge on any atom is 0.411 e. The Morgan fingerprint density at radius 3 is 2.36 bits per heavy atom. The molecule has 0 aliphatic rings. The molecular weight excluding hydrogens is 303 g/mol. The molecule has 0 heterocycles. The first-order valence-corrected chi connectivity index (χ1v) is 6.55. The minimum absolute atomic E-state index is 0.0226. The van der Waals surface area contributed by atoms with E-state index in [-0.39, 0.29) is 13.2 Å². The molecular formula is C14H18F3NO4. The molecule has 1 rings (SSSR count). The molecule has 0 saturated carbocycles. The summed E-state index contributed by atoms with van der Waals surface area (Å²) in [7, 11) is 1.53. The van der Waals surface area contributed by atoms with Crippen LogP contribution >= 0.6 is 0 Å². The number of carbonyl (C=O) groups is 1. The van der Waals surface area contributed by atoms with Crippen LogP contribution in [0, 0.1) is 0 Å². The maximum atomic E-state index is 11.8. The highest BCUT2D eigenvalue weighted by Gasteiger charge is 2.27. The summed E-state index contributed by atoms with van der Waals surface area (Å²) in [6, 6.07) is 6.67. The van der Waals surface area contributed by atoms with E-state index in [0.717, 1.165) is 0 Å². The Labute approximate surface area is 126 Å². The minimum atomic E-state index is -4.37. The second-order valence-electron chi connectivity index (χ2n) is 4.39. The van der Waals surface area contributed by atoms with E-state index in [9.17, 15) is 18.0 Å². The summed E-state index contributed by atoms with van der Waals surface area (Å²) in [4.78, 5) is 11.7. The number of nitrogens with one attached hydrogen (secondary N) is 1. The quantitative estimate of drug-likeness (QED) is 0.746. The zero-order valence-electron chi connectivity index (χ0n) is 12.3. The molecule has 0 saturated heterocycles. The van der Waals surface area contributed by atoms with E-state index in [1.54, 1.807) is 24.3 Å². The lowest BCUT2D eigenvalue weighted by Gasteiger charge is -2.15. The number of rotatable bonds is 8. The van der Waals surface area contributed by atoms with E-state index in [1.807, 2.05) is 0 Å². The van der Waals surface area contributed by atoms with Crippen molar-refractivity contribution in [2.24, 2.45) is 0 Å². The van der Waals surface area contributed by atoms with Gasteiger partial charge in [0, 0.05) is 6.54 Å². The fraction of sp³-hybridized carbons (Fsp3) is 0.500. The SMILES string of the molecule is COc1ccc(OC(C)C(=O)NCCOCC(F)(F)F)cc1. The fourth-order valence-electron chi connectivity index (χ4n) is 1.49. The standard InChI is InChI=1S/C14H18F3NO4/c1-10(22-12-5-3-11(20-2)4-6-12)13(19)18-7-8-21-9-14(15,16)17/h3-6,10H,7-9H2,1-2H3,(H,18,19). The van der Waals surface area contributed by atoms with Gasteiger partial charge in [-0.15, -0.1) is 0 Å². The molecule has 1 amide bonds. The highest BCUT2D eigenvalue weighted by atomic mass is 19.4. The molecule has 22 heavy (non-hydrogen) atoms. The van der Waals surface area contributed by atoms with Crippen LogP contribution in [0.5, 0.6) is 11.5 Å². The van der Waals surface area contributed by atoms with Crippen LogP contribution in [-0.2, 0) is 9.53 Å². The van der Waals surface area contributed by atoms with Gasteiger partial charge in [-0.2, -0.15) is 13.2 Å². The molecule has 0 spiro atoms. The van der Waals surface area contributed by atoms with Gasteiger partial charge in [-0.25, -0.2) is 0 Å². The van der Waals surface area contributed by atoms with Gasteiger partial charge in [0.05, 0.1) is 13.7 Å². The summed E-state index contributed by atoms with van der Waals surface area (Å²) < 4.78 is 50.2. The van der Waals surface area contributed by atoms with Gasteiger partial charge in [-0.3, -0.25) is 4.79 Å². The van der Waals surface area contributed by atoms with Crippen molar-refractivity contribution >= 4 is 5.91 Å². The third-order valence-electron chi connectivity index (χ3n) is 2.55. The zero-order chi connectivity index (χ0) is 16.6. The van der Waals surface area contributed by atoms with Crippen LogP contribution in [0.25, 0.3) is 0 Å². The van der Waals surface area contributed by atoms with Crippen LogP contribution in [0.1, 0.15) is 6.92 Å². The average molecular weight is 321 g/mol. The Kier molecular flexibility index (Phi) is 6.97. The van der Waals surface area contributed by atoms with Crippen LogP contribution < -0.4 is 14.8 Å². The number of halogens is 3. The molecule has 0 radical (unpaired) electrons. The molecule has 8 heteroatoms. The normalized spacial score (nSPS) is 12.6. The Morgan fingerprint density at radius 2 is 1.82 bits per heavy atom. The van der Waals surface area contributed by atoms with Gasteiger partial charge in [-0.1, -0.05) is 0 Å². The lowest BCUT2D eigenvalue weighted by molar-refractivity contribution is -0.173. The molecule has 1 aromatic rings. The number of ether oxygens (including phenoxy) is 3. The molecule has 5 nitrogen and oxygen atoms in total. The zero-order valence-corrected chi connectivity index (χ0v) is 12.3. The number of methoxy groups -OCH3 is 1. The summed E-state index contributed by atoms with van der Waals surface area (Å²) >= 11 is 0. The van der Waals surface area contributed by atoms with Crippen LogP contribution in [0.15, 0.2) is 24.3 Å². The third kappa shape index (κ3) is 7.16. The smallest absolute Gasteiger partial charge is 0.411 e. The predicted molar refractivity (Wildman–Crippen MR) is 73.0 cm³/mol. The van der Waals surface area contributed by atoms with Gasteiger partial charge < -0.3 is 19.5 Å². The first-order valence-electron chi connectivity index (χ1n) is 6.55. The molecule has 0 bridgehead atoms. The fourth-order valence-corrected chi connectivity index (χ4v) is 1.49. The predicted octanol–water partition coefficient (Wildman–Crippen LogP) is 2.16. The monoisotopic (exact) mass is 321 g/mol. The van der Waals surface area contributed by atoms with Gasteiger partial charge in [-0.05, 0) is 31.2 Å². The Hall–Kier alpha value is -1.96. The summed E-state index contributed by atoms with van der Waals surface area (Å²) in [5.74, 6) is 0.703. The van der Waals surface area contributed by atoms with E-state index in [0.29, 0.717) is 11.5 Å². The number of hydrogen-bond donors (Lipinski definition) is 1. The van der Waals surface area contributed by atoms with Crippen molar-refractivity contribution in [3.05, 3.63) is 24.3 Å². The summed E-state index contributed by atoms with van der Waals surface area (Å²) in [6.45, 7) is -0.0390. The molecule has 1 unspecified atom stereocenters. The summed E-state index contributed by atoms with van der Waals surface area (Å²) in [5.41, 5.74) is 0. The van der Waals surface area contributed by atoms with Crippen molar-refractivity contribution in [2.45, 2.75) is 19.2 Å². The highest BCUT2D eigenvalue weighted by molar-refractivity contribution is 5.80. The van der Waals surface area contributed by atoms with Crippen molar-refractivity contribution in [2.75, 3.05) is 26.9 Å². The van der Waals surface area contributed by atoms with Crippen LogP contribution in [0.4, 0.5) is 13.2 Å². The van der Waals surface area contributed by atoms with E-state index in [4.69, 9.17) is 9.47 Å². The van der Waals surface area contributed by atoms with Crippen molar-refractivity contribution in [3.8, 4) is 11.5 Å². The molecule has 0 aliphatic carbocycles. The molecule has 0 aliphatic heterocycles. The van der Waals surface area contributed by atoms with Gasteiger partial charge >= 0.3 is 6.18 Å². The second-order valence-corrected chi connectivity index (χ2v) is 4.39. The van der Waals surface area contributed by atoms with Gasteiger partial charge in [0.15, 0.2) is 6.10 Å². The molecule has 0 fully saturated rings. The Morgan fingerprint density at radius 1 is 1.23 bits per heavy atom. The van der Waals surface area contributed by atoms with Crippen molar-refractivity contribution in [1.82, 2.24) is 5.32 Å². The van der Waals surface area contributed by atoms with Gasteiger partial charge in [0.2, 0.25) is 0 Å². The largest absolute Gasteiger partial charge is 0.497 e. The second kappa shape index (κ2) is 8.47. The molecule has 1 aromatic carbocycles. The van der Waals surface area contributed by atoms with Crippen molar-refractivity contribution in [3.63, 3.8) is 0 Å². The summed E-state index contributed by atoms with van der Waals surface area (Å²) in [5, 5.41) is 2.43. The number of carbonyl (C=O) groups excluding carboxylic acids is 1. The third-order valence-corrected chi connectivity index (χ3v) is 2.55. The van der Waals surface area contributed by atoms with E-state index >= 15 is 0 Å². The van der Waals surface area contributed by atoms with Crippen molar-refractivity contribution < 1.29 is 32.2 Å². The molecule has 0 aromatic heterocycles. The highest BCUT2D eigenvalue weighted by Crippen LogP contribution is 2.18. The lowest BCUT2D eigenvalue weighted by atomic mass is 10.3. The molecule has 1 N–H and O–H groups in total. The van der Waals surface area contributed by atoms with E-state index in [1.165, 1.54) is 14.0 Å². The maximum absolute atomic E-state index is 11.8. The molecule has 1 atom stereocenters. The Bertz CT molecular complexity index is 462. The van der Waals surface area contributed by atoms with Crippen LogP contribution in [-0.4, -0.2) is 45.1 Å². The molecule has 124 valence electrons. The topological polar surface area (TPSA) is 56.8 Å². The van der Waals surface area contributed by atoms with Crippen LogP contribution in [0.3, 0.4) is 0 Å². The van der Waals surface area contributed by atoms with Gasteiger partial charge in [0.25, 0.3) is 5.91 Å².